The van der Waals surface area contributed by atoms with E-state index in [4.69, 9.17) is 9.47 Å². The number of benzene rings is 2. The summed E-state index contributed by atoms with van der Waals surface area (Å²) < 4.78 is 37.2. The SMILES string of the molecule is CCOc1cc2c(cc1NC(=O)CN1C(=O)c3ccccc3S1(=O)=O)OC(C)C2. The Hall–Kier alpha value is -3.07. The predicted molar refractivity (Wildman–Crippen MR) is 105 cm³/mol. The third-order valence-electron chi connectivity index (χ3n) is 4.77. The molecule has 4 rings (SSSR count). The normalized spacial score (nSPS) is 18.8. The van der Waals surface area contributed by atoms with Crippen molar-refractivity contribution in [2.24, 2.45) is 0 Å². The number of anilines is 1. The van der Waals surface area contributed by atoms with Crippen molar-refractivity contribution >= 4 is 27.5 Å². The molecule has 152 valence electrons. The van der Waals surface area contributed by atoms with Gasteiger partial charge in [-0.3, -0.25) is 9.59 Å². The Labute approximate surface area is 168 Å². The summed E-state index contributed by atoms with van der Waals surface area (Å²) >= 11 is 0. The van der Waals surface area contributed by atoms with Crippen LogP contribution in [-0.4, -0.2) is 43.8 Å². The molecule has 0 aliphatic carbocycles. The van der Waals surface area contributed by atoms with E-state index < -0.39 is 28.4 Å². The molecule has 9 heteroatoms. The average molecular weight is 416 g/mol. The van der Waals surface area contributed by atoms with Crippen molar-refractivity contribution in [1.29, 1.82) is 0 Å². The zero-order valence-corrected chi connectivity index (χ0v) is 16.8. The van der Waals surface area contributed by atoms with E-state index in [0.717, 1.165) is 12.0 Å². The Morgan fingerprint density at radius 3 is 2.79 bits per heavy atom. The molecule has 1 atom stereocenters. The molecule has 2 heterocycles. The highest BCUT2D eigenvalue weighted by atomic mass is 32.2. The summed E-state index contributed by atoms with van der Waals surface area (Å²) in [6.07, 6.45) is 0.763. The van der Waals surface area contributed by atoms with Crippen LogP contribution in [0.25, 0.3) is 0 Å². The molecular formula is C20H20N2O6S. The number of hydrogen-bond acceptors (Lipinski definition) is 6. The van der Waals surface area contributed by atoms with Gasteiger partial charge >= 0.3 is 0 Å². The topological polar surface area (TPSA) is 102 Å². The van der Waals surface area contributed by atoms with E-state index in [-0.39, 0.29) is 16.6 Å². The summed E-state index contributed by atoms with van der Waals surface area (Å²) in [5.74, 6) is -0.252. The lowest BCUT2D eigenvalue weighted by molar-refractivity contribution is -0.116. The maximum atomic E-state index is 12.6. The number of nitrogens with one attached hydrogen (secondary N) is 1. The van der Waals surface area contributed by atoms with E-state index in [9.17, 15) is 18.0 Å². The Balaban J connectivity index is 1.57. The van der Waals surface area contributed by atoms with E-state index in [0.29, 0.717) is 28.1 Å². The Morgan fingerprint density at radius 2 is 2.07 bits per heavy atom. The fraction of sp³-hybridized carbons (Fsp3) is 0.300. The maximum absolute atomic E-state index is 12.6. The van der Waals surface area contributed by atoms with Crippen molar-refractivity contribution in [3.63, 3.8) is 0 Å². The number of ether oxygens (including phenoxy) is 2. The van der Waals surface area contributed by atoms with Gasteiger partial charge in [0.2, 0.25) is 5.91 Å². The smallest absolute Gasteiger partial charge is 0.269 e. The number of carbonyl (C=O) groups excluding carboxylic acids is 2. The molecule has 29 heavy (non-hydrogen) atoms. The van der Waals surface area contributed by atoms with Crippen molar-refractivity contribution < 1.29 is 27.5 Å². The molecule has 0 spiro atoms. The second kappa shape index (κ2) is 7.07. The molecule has 2 amide bonds. The predicted octanol–water partition coefficient (Wildman–Crippen LogP) is 2.19. The molecular weight excluding hydrogens is 396 g/mol. The van der Waals surface area contributed by atoms with E-state index >= 15 is 0 Å². The van der Waals surface area contributed by atoms with Crippen molar-refractivity contribution in [2.75, 3.05) is 18.5 Å². The van der Waals surface area contributed by atoms with Gasteiger partial charge in [0.25, 0.3) is 15.9 Å². The van der Waals surface area contributed by atoms with Gasteiger partial charge in [0.15, 0.2) is 0 Å². The lowest BCUT2D eigenvalue weighted by Gasteiger charge is -2.17. The van der Waals surface area contributed by atoms with Gasteiger partial charge in [-0.25, -0.2) is 12.7 Å². The number of nitrogens with zero attached hydrogens (tertiary/aromatic N) is 1. The molecule has 2 aromatic rings. The minimum atomic E-state index is -4.05. The number of carbonyl (C=O) groups is 2. The number of rotatable bonds is 5. The molecule has 1 unspecified atom stereocenters. The van der Waals surface area contributed by atoms with Gasteiger partial charge < -0.3 is 14.8 Å². The Kier molecular flexibility index (Phi) is 4.70. The van der Waals surface area contributed by atoms with Gasteiger partial charge in [-0.1, -0.05) is 12.1 Å². The lowest BCUT2D eigenvalue weighted by atomic mass is 10.1. The van der Waals surface area contributed by atoms with Crippen LogP contribution < -0.4 is 14.8 Å². The van der Waals surface area contributed by atoms with Crippen LogP contribution in [0.1, 0.15) is 29.8 Å². The van der Waals surface area contributed by atoms with Crippen LogP contribution in [0.4, 0.5) is 5.69 Å². The van der Waals surface area contributed by atoms with E-state index in [1.54, 1.807) is 12.1 Å². The summed E-state index contributed by atoms with van der Waals surface area (Å²) in [6, 6.07) is 9.37. The fourth-order valence-electron chi connectivity index (χ4n) is 3.52. The highest BCUT2D eigenvalue weighted by molar-refractivity contribution is 7.90. The Morgan fingerprint density at radius 1 is 1.31 bits per heavy atom. The monoisotopic (exact) mass is 416 g/mol. The van der Waals surface area contributed by atoms with E-state index in [1.807, 2.05) is 19.9 Å². The van der Waals surface area contributed by atoms with Crippen LogP contribution in [0.2, 0.25) is 0 Å². The van der Waals surface area contributed by atoms with Crippen LogP contribution in [0.3, 0.4) is 0 Å². The molecule has 0 saturated carbocycles. The first-order valence-corrected chi connectivity index (χ1v) is 10.7. The average Bonchev–Trinajstić information content (AvgIpc) is 3.12. The van der Waals surface area contributed by atoms with Crippen molar-refractivity contribution in [2.45, 2.75) is 31.3 Å². The van der Waals surface area contributed by atoms with E-state index in [2.05, 4.69) is 5.32 Å². The standard InChI is InChI=1S/C20H20N2O6S/c1-3-27-17-9-13-8-12(2)28-16(13)10-15(17)21-19(23)11-22-20(24)14-6-4-5-7-18(14)29(22,25)26/h4-7,9-10,12H,3,8,11H2,1-2H3,(H,21,23). The quantitative estimate of drug-likeness (QED) is 0.802. The summed E-state index contributed by atoms with van der Waals surface area (Å²) in [5.41, 5.74) is 1.41. The van der Waals surface area contributed by atoms with Gasteiger partial charge in [-0.15, -0.1) is 0 Å². The molecule has 8 nitrogen and oxygen atoms in total. The molecule has 0 radical (unpaired) electrons. The first-order chi connectivity index (χ1) is 13.8. The van der Waals surface area contributed by atoms with Gasteiger partial charge in [0, 0.05) is 18.1 Å². The van der Waals surface area contributed by atoms with Gasteiger partial charge in [-0.2, -0.15) is 0 Å². The fourth-order valence-corrected chi connectivity index (χ4v) is 5.04. The first-order valence-electron chi connectivity index (χ1n) is 9.23. The highest BCUT2D eigenvalue weighted by Crippen LogP contribution is 2.38. The van der Waals surface area contributed by atoms with Crippen LogP contribution in [0.5, 0.6) is 11.5 Å². The van der Waals surface area contributed by atoms with Crippen molar-refractivity contribution in [3.05, 3.63) is 47.5 Å². The first kappa shape index (κ1) is 19.3. The highest BCUT2D eigenvalue weighted by Gasteiger charge is 2.41. The van der Waals surface area contributed by atoms with Gasteiger partial charge in [0.05, 0.1) is 17.9 Å². The summed E-state index contributed by atoms with van der Waals surface area (Å²) in [5, 5.41) is 2.65. The number of hydrogen-bond donors (Lipinski definition) is 1. The van der Waals surface area contributed by atoms with Crippen LogP contribution in [0.15, 0.2) is 41.3 Å². The molecule has 0 bridgehead atoms. The maximum Gasteiger partial charge on any atom is 0.269 e. The second-order valence-electron chi connectivity index (χ2n) is 6.88. The number of amides is 2. The van der Waals surface area contributed by atoms with E-state index in [1.165, 1.54) is 18.2 Å². The number of fused-ring (bicyclic) bond motifs is 2. The van der Waals surface area contributed by atoms with Gasteiger partial charge in [0.1, 0.15) is 29.0 Å². The Bertz CT molecular complexity index is 1110. The zero-order chi connectivity index (χ0) is 20.8. The largest absolute Gasteiger partial charge is 0.492 e. The molecule has 2 aromatic carbocycles. The molecule has 2 aliphatic heterocycles. The van der Waals surface area contributed by atoms with Gasteiger partial charge in [-0.05, 0) is 32.0 Å². The third kappa shape index (κ3) is 3.31. The molecule has 2 aliphatic rings. The zero-order valence-electron chi connectivity index (χ0n) is 16.0. The molecule has 0 saturated heterocycles. The minimum absolute atomic E-state index is 0.0243. The second-order valence-corrected chi connectivity index (χ2v) is 8.71. The summed E-state index contributed by atoms with van der Waals surface area (Å²) in [6.45, 7) is 3.53. The van der Waals surface area contributed by atoms with Crippen LogP contribution >= 0.6 is 0 Å². The molecule has 0 aromatic heterocycles. The molecule has 0 fully saturated rings. The number of sulfonamides is 1. The lowest BCUT2D eigenvalue weighted by Crippen LogP contribution is -2.37. The third-order valence-corrected chi connectivity index (χ3v) is 6.56. The molecule has 1 N–H and O–H groups in total. The summed E-state index contributed by atoms with van der Waals surface area (Å²) in [7, 11) is -4.05. The van der Waals surface area contributed by atoms with Crippen LogP contribution in [0, 0.1) is 0 Å². The van der Waals surface area contributed by atoms with Crippen molar-refractivity contribution in [3.8, 4) is 11.5 Å². The van der Waals surface area contributed by atoms with Crippen molar-refractivity contribution in [1.82, 2.24) is 4.31 Å². The van der Waals surface area contributed by atoms with Crippen LogP contribution in [-0.2, 0) is 21.2 Å². The summed E-state index contributed by atoms with van der Waals surface area (Å²) in [4.78, 5) is 25.0. The minimum Gasteiger partial charge on any atom is -0.492 e.